The second-order valence-electron chi connectivity index (χ2n) is 8.24. The van der Waals surface area contributed by atoms with E-state index in [2.05, 4.69) is 21.8 Å². The van der Waals surface area contributed by atoms with Crippen molar-refractivity contribution in [2.24, 2.45) is 0 Å². The number of benzene rings is 2. The normalized spacial score (nSPS) is 14.7. The lowest BCUT2D eigenvalue weighted by Crippen LogP contribution is -2.41. The molecule has 0 unspecified atom stereocenters. The van der Waals surface area contributed by atoms with Gasteiger partial charge in [0.05, 0.1) is 10.6 Å². The van der Waals surface area contributed by atoms with Crippen molar-refractivity contribution < 1.29 is 17.9 Å². The third-order valence-corrected chi connectivity index (χ3v) is 7.11. The second kappa shape index (κ2) is 9.62. The fraction of sp³-hybridized carbons (Fsp3) is 0.280. The third kappa shape index (κ3) is 5.51. The van der Waals surface area contributed by atoms with Gasteiger partial charge in [0.15, 0.2) is 0 Å². The molecular formula is C25H27N3O4S. The van der Waals surface area contributed by atoms with E-state index in [4.69, 9.17) is 4.74 Å². The molecule has 33 heavy (non-hydrogen) atoms. The maximum atomic E-state index is 12.9. The molecular weight excluding hydrogens is 438 g/mol. The number of hydrogen-bond acceptors (Lipinski definition) is 5. The van der Waals surface area contributed by atoms with Gasteiger partial charge < -0.3 is 9.64 Å². The lowest BCUT2D eigenvalue weighted by atomic mass is 10.1. The first-order valence-electron chi connectivity index (χ1n) is 10.9. The molecule has 4 rings (SSSR count). The van der Waals surface area contributed by atoms with Gasteiger partial charge >= 0.3 is 0 Å². The van der Waals surface area contributed by atoms with Crippen LogP contribution in [0.3, 0.4) is 0 Å². The van der Waals surface area contributed by atoms with Gasteiger partial charge in [0.25, 0.3) is 15.9 Å². The predicted molar refractivity (Wildman–Crippen MR) is 127 cm³/mol. The zero-order valence-electron chi connectivity index (χ0n) is 18.7. The Morgan fingerprint density at radius 3 is 2.33 bits per heavy atom. The molecule has 0 spiro atoms. The van der Waals surface area contributed by atoms with Crippen molar-refractivity contribution in [3.63, 3.8) is 0 Å². The first kappa shape index (κ1) is 22.8. The highest BCUT2D eigenvalue weighted by molar-refractivity contribution is 7.92. The number of hydrogen-bond donors (Lipinski definition) is 1. The highest BCUT2D eigenvalue weighted by Gasteiger charge is 2.25. The van der Waals surface area contributed by atoms with E-state index in [0.717, 1.165) is 29.7 Å². The van der Waals surface area contributed by atoms with E-state index in [1.165, 1.54) is 24.5 Å². The molecule has 172 valence electrons. The molecule has 0 saturated carbocycles. The van der Waals surface area contributed by atoms with E-state index in [1.54, 1.807) is 29.2 Å². The lowest BCUT2D eigenvalue weighted by molar-refractivity contribution is 0.0594. The fourth-order valence-corrected chi connectivity index (χ4v) is 4.84. The first-order chi connectivity index (χ1) is 15.8. The molecule has 8 heteroatoms. The minimum atomic E-state index is -3.74. The molecule has 0 bridgehead atoms. The molecule has 1 N–H and O–H groups in total. The van der Waals surface area contributed by atoms with E-state index in [9.17, 15) is 13.2 Å². The Hall–Kier alpha value is -3.39. The van der Waals surface area contributed by atoms with Gasteiger partial charge in [0.1, 0.15) is 11.9 Å². The van der Waals surface area contributed by atoms with Crippen LogP contribution in [0.5, 0.6) is 5.75 Å². The largest absolute Gasteiger partial charge is 0.490 e. The average Bonchev–Trinajstić information content (AvgIpc) is 2.82. The van der Waals surface area contributed by atoms with Gasteiger partial charge in [-0.1, -0.05) is 12.1 Å². The van der Waals surface area contributed by atoms with Crippen LogP contribution < -0.4 is 9.46 Å². The summed E-state index contributed by atoms with van der Waals surface area (Å²) in [5.74, 6) is 0.795. The molecule has 3 aromatic rings. The summed E-state index contributed by atoms with van der Waals surface area (Å²) in [5, 5.41) is 0. The van der Waals surface area contributed by atoms with Crippen LogP contribution in [-0.2, 0) is 10.0 Å². The summed E-state index contributed by atoms with van der Waals surface area (Å²) in [6.45, 7) is 5.26. The molecule has 0 radical (unpaired) electrons. The number of nitrogens with zero attached hydrogens (tertiary/aromatic N) is 2. The lowest BCUT2D eigenvalue weighted by Gasteiger charge is -2.32. The molecule has 7 nitrogen and oxygen atoms in total. The molecule has 1 aliphatic rings. The number of amides is 1. The number of pyridine rings is 1. The molecule has 0 atom stereocenters. The monoisotopic (exact) mass is 465 g/mol. The van der Waals surface area contributed by atoms with Gasteiger partial charge in [-0.15, -0.1) is 0 Å². The predicted octanol–water partition coefficient (Wildman–Crippen LogP) is 4.18. The quantitative estimate of drug-likeness (QED) is 0.590. The van der Waals surface area contributed by atoms with E-state index in [0.29, 0.717) is 24.3 Å². The number of likely N-dealkylation sites (tertiary alicyclic amines) is 1. The summed E-state index contributed by atoms with van der Waals surface area (Å²) in [4.78, 5) is 18.7. The van der Waals surface area contributed by atoms with E-state index >= 15 is 0 Å². The van der Waals surface area contributed by atoms with Crippen LogP contribution in [0.25, 0.3) is 0 Å². The third-order valence-electron chi connectivity index (χ3n) is 5.71. The molecule has 1 aromatic heterocycles. The highest BCUT2D eigenvalue weighted by atomic mass is 32.2. The van der Waals surface area contributed by atoms with Crippen LogP contribution in [0, 0.1) is 13.8 Å². The smallest absolute Gasteiger partial charge is 0.261 e. The number of rotatable bonds is 6. The maximum Gasteiger partial charge on any atom is 0.261 e. The Bertz CT molecular complexity index is 1220. The van der Waals surface area contributed by atoms with Crippen molar-refractivity contribution in [3.8, 4) is 5.75 Å². The number of carbonyl (C=O) groups excluding carboxylic acids is 1. The fourth-order valence-electron chi connectivity index (χ4n) is 3.78. The summed E-state index contributed by atoms with van der Waals surface area (Å²) in [5.41, 5.74) is 3.15. The topological polar surface area (TPSA) is 88.6 Å². The molecule has 2 heterocycles. The van der Waals surface area contributed by atoms with Gasteiger partial charge in [0.2, 0.25) is 0 Å². The van der Waals surface area contributed by atoms with Crippen molar-refractivity contribution >= 4 is 21.6 Å². The van der Waals surface area contributed by atoms with Crippen molar-refractivity contribution in [1.82, 2.24) is 9.88 Å². The Morgan fingerprint density at radius 1 is 1.00 bits per heavy atom. The van der Waals surface area contributed by atoms with Gasteiger partial charge in [-0.25, -0.2) is 8.42 Å². The van der Waals surface area contributed by atoms with Gasteiger partial charge in [-0.3, -0.25) is 14.5 Å². The van der Waals surface area contributed by atoms with Crippen LogP contribution in [0.1, 0.15) is 34.3 Å². The van der Waals surface area contributed by atoms with Crippen LogP contribution in [0.15, 0.2) is 71.9 Å². The van der Waals surface area contributed by atoms with E-state index in [-0.39, 0.29) is 16.9 Å². The van der Waals surface area contributed by atoms with Crippen LogP contribution in [-0.4, -0.2) is 43.4 Å². The first-order valence-corrected chi connectivity index (χ1v) is 12.4. The van der Waals surface area contributed by atoms with Crippen molar-refractivity contribution in [2.45, 2.75) is 37.7 Å². The van der Waals surface area contributed by atoms with Crippen LogP contribution in [0.2, 0.25) is 0 Å². The molecule has 1 fully saturated rings. The number of aryl methyl sites for hydroxylation is 2. The molecule has 0 aliphatic carbocycles. The SMILES string of the molecule is Cc1ccc(C)c(OC2CCN(C(=O)c3ccc(S(=O)(=O)Nc4ccncc4)cc3)CC2)c1. The van der Waals surface area contributed by atoms with Gasteiger partial charge in [-0.2, -0.15) is 0 Å². The molecule has 1 saturated heterocycles. The highest BCUT2D eigenvalue weighted by Crippen LogP contribution is 2.25. The minimum Gasteiger partial charge on any atom is -0.490 e. The van der Waals surface area contributed by atoms with Gasteiger partial charge in [0, 0.05) is 43.9 Å². The van der Waals surface area contributed by atoms with E-state index in [1.807, 2.05) is 19.9 Å². The Labute approximate surface area is 194 Å². The number of piperidine rings is 1. The Balaban J connectivity index is 1.35. The summed E-state index contributed by atoms with van der Waals surface area (Å²) in [6.07, 6.45) is 4.59. The Morgan fingerprint density at radius 2 is 1.67 bits per heavy atom. The number of aromatic nitrogens is 1. The summed E-state index contributed by atoms with van der Waals surface area (Å²) < 4.78 is 33.8. The maximum absolute atomic E-state index is 12.9. The number of nitrogens with one attached hydrogen (secondary N) is 1. The zero-order valence-corrected chi connectivity index (χ0v) is 19.5. The van der Waals surface area contributed by atoms with Crippen LogP contribution >= 0.6 is 0 Å². The average molecular weight is 466 g/mol. The van der Waals surface area contributed by atoms with Crippen molar-refractivity contribution in [3.05, 3.63) is 83.7 Å². The number of ether oxygens (including phenoxy) is 1. The number of sulfonamides is 1. The molecule has 1 amide bonds. The van der Waals surface area contributed by atoms with Crippen molar-refractivity contribution in [1.29, 1.82) is 0 Å². The summed E-state index contributed by atoms with van der Waals surface area (Å²) >= 11 is 0. The standard InChI is InChI=1S/C25H27N3O4S/c1-18-3-4-19(2)24(17-18)32-22-11-15-28(16-12-22)25(29)20-5-7-23(8-6-20)33(30,31)27-21-9-13-26-14-10-21/h3-10,13-14,17,22H,11-12,15-16H2,1-2H3,(H,26,27). The molecule has 1 aliphatic heterocycles. The second-order valence-corrected chi connectivity index (χ2v) is 9.93. The number of carbonyl (C=O) groups is 1. The minimum absolute atomic E-state index is 0.0707. The zero-order chi connectivity index (χ0) is 23.4. The van der Waals surface area contributed by atoms with E-state index < -0.39 is 10.0 Å². The summed E-state index contributed by atoms with van der Waals surface area (Å²) in [6, 6.07) is 15.3. The summed E-state index contributed by atoms with van der Waals surface area (Å²) in [7, 11) is -3.74. The van der Waals surface area contributed by atoms with Gasteiger partial charge in [-0.05, 0) is 67.4 Å². The Kier molecular flexibility index (Phi) is 6.65. The molecule has 2 aromatic carbocycles. The number of anilines is 1. The van der Waals surface area contributed by atoms with Crippen molar-refractivity contribution in [2.75, 3.05) is 17.8 Å². The van der Waals surface area contributed by atoms with Crippen LogP contribution in [0.4, 0.5) is 5.69 Å².